The van der Waals surface area contributed by atoms with Crippen molar-refractivity contribution in [2.75, 3.05) is 6.54 Å². The van der Waals surface area contributed by atoms with Crippen LogP contribution in [0.3, 0.4) is 0 Å². The number of benzene rings is 1. The van der Waals surface area contributed by atoms with E-state index in [2.05, 4.69) is 17.5 Å². The van der Waals surface area contributed by atoms with Gasteiger partial charge in [0, 0.05) is 17.0 Å². The fourth-order valence-corrected chi connectivity index (χ4v) is 4.19. The van der Waals surface area contributed by atoms with Crippen LogP contribution in [0, 0.1) is 11.8 Å². The molecule has 3 heteroatoms. The van der Waals surface area contributed by atoms with Gasteiger partial charge in [-0.1, -0.05) is 24.6 Å². The van der Waals surface area contributed by atoms with Crippen molar-refractivity contribution in [3.05, 3.63) is 35.2 Å². The molecule has 1 fully saturated rings. The molecule has 1 saturated carbocycles. The second-order valence-electron chi connectivity index (χ2n) is 5.43. The lowest BCUT2D eigenvalue weighted by atomic mass is 9.89. The minimum absolute atomic E-state index is 0.198. The van der Waals surface area contributed by atoms with Crippen LogP contribution in [0.15, 0.2) is 29.6 Å². The first-order valence-corrected chi connectivity index (χ1v) is 7.85. The number of carbonyl (C=O) groups excluding carboxylic acids is 1. The minimum Gasteiger partial charge on any atom is -0.330 e. The van der Waals surface area contributed by atoms with E-state index in [0.29, 0.717) is 24.7 Å². The molecule has 1 aliphatic rings. The Hall–Kier alpha value is -1.19. The molecule has 1 aromatic heterocycles. The summed E-state index contributed by atoms with van der Waals surface area (Å²) in [7, 11) is 0. The summed E-state index contributed by atoms with van der Waals surface area (Å²) in [6.45, 7) is 0.654. The van der Waals surface area contributed by atoms with Crippen LogP contribution in [0.1, 0.15) is 24.8 Å². The Morgan fingerprint density at radius 1 is 1.32 bits per heavy atom. The molecule has 100 valence electrons. The number of nitrogens with two attached hydrogens (primary N) is 1. The van der Waals surface area contributed by atoms with Crippen molar-refractivity contribution in [2.45, 2.75) is 25.7 Å². The van der Waals surface area contributed by atoms with E-state index >= 15 is 0 Å². The van der Waals surface area contributed by atoms with E-state index in [-0.39, 0.29) is 5.92 Å². The summed E-state index contributed by atoms with van der Waals surface area (Å²) in [5.74, 6) is 0.998. The number of fused-ring (bicyclic) bond motifs is 1. The number of Topliss-reactive ketones (excluding diaryl/α,β-unsaturated/α-hetero) is 1. The summed E-state index contributed by atoms with van der Waals surface area (Å²) >= 11 is 1.73. The van der Waals surface area contributed by atoms with Gasteiger partial charge in [-0.3, -0.25) is 4.79 Å². The molecule has 3 rings (SSSR count). The van der Waals surface area contributed by atoms with Gasteiger partial charge >= 0.3 is 0 Å². The predicted molar refractivity (Wildman–Crippen MR) is 80.4 cm³/mol. The lowest BCUT2D eigenvalue weighted by Gasteiger charge is -2.16. The first-order chi connectivity index (χ1) is 9.29. The second kappa shape index (κ2) is 5.43. The van der Waals surface area contributed by atoms with Gasteiger partial charge in [-0.25, -0.2) is 0 Å². The molecule has 1 aromatic carbocycles. The van der Waals surface area contributed by atoms with Gasteiger partial charge in [0.05, 0.1) is 0 Å². The normalized spacial score (nSPS) is 23.0. The summed E-state index contributed by atoms with van der Waals surface area (Å²) in [6, 6.07) is 8.32. The summed E-state index contributed by atoms with van der Waals surface area (Å²) in [5.41, 5.74) is 6.96. The molecule has 2 aromatic rings. The third-order valence-corrected chi connectivity index (χ3v) is 5.31. The molecule has 0 aliphatic heterocycles. The SMILES string of the molecule is NCC1CCCC1C(=O)Cc1csc2ccccc12. The number of carbonyl (C=O) groups is 1. The van der Waals surface area contributed by atoms with E-state index in [0.717, 1.165) is 19.3 Å². The highest BCUT2D eigenvalue weighted by atomic mass is 32.1. The Labute approximate surface area is 117 Å². The van der Waals surface area contributed by atoms with Crippen LogP contribution in [0.25, 0.3) is 10.1 Å². The standard InChI is InChI=1S/C16H19NOS/c17-9-11-4-3-6-13(11)15(18)8-12-10-19-16-7-2-1-5-14(12)16/h1-2,5,7,10-11,13H,3-4,6,8-9,17H2. The molecule has 0 bridgehead atoms. The average molecular weight is 273 g/mol. The first-order valence-electron chi connectivity index (χ1n) is 6.97. The summed E-state index contributed by atoms with van der Waals surface area (Å²) < 4.78 is 1.27. The minimum atomic E-state index is 0.198. The number of hydrogen-bond donors (Lipinski definition) is 1. The lowest BCUT2D eigenvalue weighted by Crippen LogP contribution is -2.26. The van der Waals surface area contributed by atoms with Crippen LogP contribution in [0.5, 0.6) is 0 Å². The molecular weight excluding hydrogens is 254 g/mol. The fraction of sp³-hybridized carbons (Fsp3) is 0.438. The molecular formula is C16H19NOS. The highest BCUT2D eigenvalue weighted by Crippen LogP contribution is 2.34. The van der Waals surface area contributed by atoms with Gasteiger partial charge < -0.3 is 5.73 Å². The van der Waals surface area contributed by atoms with E-state index in [4.69, 9.17) is 5.73 Å². The summed E-state index contributed by atoms with van der Waals surface area (Å²) in [6.07, 6.45) is 3.88. The molecule has 1 aliphatic carbocycles. The van der Waals surface area contributed by atoms with Crippen LogP contribution in [0.2, 0.25) is 0 Å². The smallest absolute Gasteiger partial charge is 0.140 e. The van der Waals surface area contributed by atoms with Gasteiger partial charge in [0.15, 0.2) is 0 Å². The number of hydrogen-bond acceptors (Lipinski definition) is 3. The predicted octanol–water partition coefficient (Wildman–Crippen LogP) is 3.39. The van der Waals surface area contributed by atoms with Crippen molar-refractivity contribution >= 4 is 27.2 Å². The average Bonchev–Trinajstić information content (AvgIpc) is 3.05. The molecule has 0 radical (unpaired) electrons. The molecule has 0 amide bonds. The van der Waals surface area contributed by atoms with Crippen LogP contribution >= 0.6 is 11.3 Å². The third kappa shape index (κ3) is 2.45. The monoisotopic (exact) mass is 273 g/mol. The topological polar surface area (TPSA) is 43.1 Å². The lowest BCUT2D eigenvalue weighted by molar-refractivity contribution is -0.123. The van der Waals surface area contributed by atoms with Crippen molar-refractivity contribution in [2.24, 2.45) is 17.6 Å². The Bertz CT molecular complexity index is 589. The molecule has 2 N–H and O–H groups in total. The van der Waals surface area contributed by atoms with E-state index in [1.807, 2.05) is 12.1 Å². The highest BCUT2D eigenvalue weighted by Gasteiger charge is 2.31. The van der Waals surface area contributed by atoms with Crippen LogP contribution in [0.4, 0.5) is 0 Å². The van der Waals surface area contributed by atoms with E-state index in [9.17, 15) is 4.79 Å². The van der Waals surface area contributed by atoms with Crippen molar-refractivity contribution < 1.29 is 4.79 Å². The maximum atomic E-state index is 12.5. The number of thiophene rings is 1. The molecule has 2 nitrogen and oxygen atoms in total. The maximum absolute atomic E-state index is 12.5. The molecule has 1 heterocycles. The molecule has 0 spiro atoms. The summed E-state index contributed by atoms with van der Waals surface area (Å²) in [4.78, 5) is 12.5. The van der Waals surface area contributed by atoms with Gasteiger partial charge in [-0.05, 0) is 47.7 Å². The largest absolute Gasteiger partial charge is 0.330 e. The van der Waals surface area contributed by atoms with Gasteiger partial charge in [-0.2, -0.15) is 0 Å². The zero-order valence-corrected chi connectivity index (χ0v) is 11.8. The van der Waals surface area contributed by atoms with E-state index < -0.39 is 0 Å². The Morgan fingerprint density at radius 2 is 2.16 bits per heavy atom. The van der Waals surface area contributed by atoms with Crippen molar-refractivity contribution in [1.82, 2.24) is 0 Å². The maximum Gasteiger partial charge on any atom is 0.140 e. The molecule has 19 heavy (non-hydrogen) atoms. The Kier molecular flexibility index (Phi) is 3.67. The second-order valence-corrected chi connectivity index (χ2v) is 6.34. The van der Waals surface area contributed by atoms with Gasteiger partial charge in [0.25, 0.3) is 0 Å². The van der Waals surface area contributed by atoms with Gasteiger partial charge in [0.1, 0.15) is 5.78 Å². The third-order valence-electron chi connectivity index (χ3n) is 4.30. The number of rotatable bonds is 4. The van der Waals surface area contributed by atoms with E-state index in [1.165, 1.54) is 15.6 Å². The first kappa shape index (κ1) is 12.8. The number of ketones is 1. The van der Waals surface area contributed by atoms with Crippen LogP contribution in [-0.2, 0) is 11.2 Å². The Balaban J connectivity index is 1.79. The zero-order chi connectivity index (χ0) is 13.2. The van der Waals surface area contributed by atoms with Crippen LogP contribution < -0.4 is 5.73 Å². The molecule has 2 unspecified atom stereocenters. The fourth-order valence-electron chi connectivity index (χ4n) is 3.23. The van der Waals surface area contributed by atoms with E-state index in [1.54, 1.807) is 11.3 Å². The van der Waals surface area contributed by atoms with Crippen molar-refractivity contribution in [1.29, 1.82) is 0 Å². The molecule has 0 saturated heterocycles. The Morgan fingerprint density at radius 3 is 3.00 bits per heavy atom. The van der Waals surface area contributed by atoms with Gasteiger partial charge in [0.2, 0.25) is 0 Å². The van der Waals surface area contributed by atoms with Crippen LogP contribution in [-0.4, -0.2) is 12.3 Å². The quantitative estimate of drug-likeness (QED) is 0.928. The zero-order valence-electron chi connectivity index (χ0n) is 11.0. The molecule has 2 atom stereocenters. The highest BCUT2D eigenvalue weighted by molar-refractivity contribution is 7.17. The van der Waals surface area contributed by atoms with Gasteiger partial charge in [-0.15, -0.1) is 11.3 Å². The summed E-state index contributed by atoms with van der Waals surface area (Å²) in [5, 5.41) is 3.37. The van der Waals surface area contributed by atoms with Crippen molar-refractivity contribution in [3.8, 4) is 0 Å². The van der Waals surface area contributed by atoms with Crippen molar-refractivity contribution in [3.63, 3.8) is 0 Å².